The van der Waals surface area contributed by atoms with Crippen molar-refractivity contribution in [2.24, 2.45) is 0 Å². The van der Waals surface area contributed by atoms with Gasteiger partial charge in [-0.25, -0.2) is 22.2 Å². The fourth-order valence-corrected chi connectivity index (χ4v) is 8.32. The number of ether oxygens (including phenoxy) is 1. The molecule has 2 saturated heterocycles. The van der Waals surface area contributed by atoms with Gasteiger partial charge in [0.05, 0.1) is 34.8 Å². The Hall–Kier alpha value is -5.72. The van der Waals surface area contributed by atoms with E-state index in [9.17, 15) is 27.2 Å². The molecule has 4 aromatic rings. The summed E-state index contributed by atoms with van der Waals surface area (Å²) in [5.41, 5.74) is 3.09. The average molecular weight is 860 g/mol. The van der Waals surface area contributed by atoms with Crippen LogP contribution < -0.4 is 26.0 Å². The number of benzene rings is 3. The molecule has 2 fully saturated rings. The van der Waals surface area contributed by atoms with Gasteiger partial charge in [0.25, 0.3) is 11.8 Å². The van der Waals surface area contributed by atoms with Crippen molar-refractivity contribution in [2.75, 3.05) is 66.6 Å². The predicted molar refractivity (Wildman–Crippen MR) is 229 cm³/mol. The van der Waals surface area contributed by atoms with Gasteiger partial charge in [-0.15, -0.1) is 0 Å². The van der Waals surface area contributed by atoms with Crippen molar-refractivity contribution in [3.8, 4) is 0 Å². The van der Waals surface area contributed by atoms with Crippen LogP contribution in [0.25, 0.3) is 0 Å². The van der Waals surface area contributed by atoms with Crippen molar-refractivity contribution in [3.05, 3.63) is 94.7 Å². The topological polar surface area (TPSA) is 187 Å². The van der Waals surface area contributed by atoms with E-state index in [-0.39, 0.29) is 34.8 Å². The van der Waals surface area contributed by atoms with Gasteiger partial charge in [-0.2, -0.15) is 4.98 Å². The Balaban J connectivity index is 0.856. The van der Waals surface area contributed by atoms with Crippen molar-refractivity contribution in [1.82, 2.24) is 25.1 Å². The number of nitrogens with zero attached hydrogens (tertiary/aromatic N) is 4. The number of aryl methyl sites for hydroxylation is 1. The van der Waals surface area contributed by atoms with E-state index in [0.29, 0.717) is 78.7 Å². The van der Waals surface area contributed by atoms with Crippen molar-refractivity contribution in [3.63, 3.8) is 0 Å². The first kappa shape index (κ1) is 43.4. The largest absolute Gasteiger partial charge is 0.382 e. The van der Waals surface area contributed by atoms with Crippen LogP contribution in [0.15, 0.2) is 60.8 Å². The molecule has 7 rings (SSSR count). The second kappa shape index (κ2) is 18.1. The Morgan fingerprint density at radius 1 is 0.902 bits per heavy atom. The minimum Gasteiger partial charge on any atom is -0.382 e. The summed E-state index contributed by atoms with van der Waals surface area (Å²) in [6, 6.07) is 13.3. The van der Waals surface area contributed by atoms with E-state index < -0.39 is 38.4 Å². The lowest BCUT2D eigenvalue weighted by molar-refractivity contribution is -0.126. The number of nitrogens with one attached hydrogen (secondary N) is 5. The number of hydrogen-bond acceptors (Lipinski definition) is 12. The fourth-order valence-electron chi connectivity index (χ4n) is 7.57. The number of fused-ring (bicyclic) bond motifs is 1. The zero-order valence-electron chi connectivity index (χ0n) is 34.6. The van der Waals surface area contributed by atoms with Crippen LogP contribution in [0.3, 0.4) is 0 Å². The van der Waals surface area contributed by atoms with E-state index in [1.165, 1.54) is 39.0 Å². The molecule has 0 radical (unpaired) electrons. The number of rotatable bonds is 15. The summed E-state index contributed by atoms with van der Waals surface area (Å²) in [7, 11) is -3.86. The molecular weight excluding hydrogens is 809 g/mol. The van der Waals surface area contributed by atoms with Crippen LogP contribution in [0.1, 0.15) is 84.2 Å². The van der Waals surface area contributed by atoms with Crippen molar-refractivity contribution >= 4 is 62.3 Å². The molecule has 1 unspecified atom stereocenters. The van der Waals surface area contributed by atoms with Crippen molar-refractivity contribution in [1.29, 1.82) is 0 Å². The molecule has 3 amide bonds. The Labute approximate surface area is 354 Å². The summed E-state index contributed by atoms with van der Waals surface area (Å²) >= 11 is 0. The zero-order chi connectivity index (χ0) is 43.5. The average Bonchev–Trinajstić information content (AvgIpc) is 3.47. The van der Waals surface area contributed by atoms with Crippen LogP contribution in [-0.2, 0) is 19.6 Å². The smallest absolute Gasteiger partial charge is 0.264 e. The summed E-state index contributed by atoms with van der Waals surface area (Å²) in [5.74, 6) is -1.62. The van der Waals surface area contributed by atoms with Gasteiger partial charge in [0.1, 0.15) is 23.5 Å². The molecule has 1 atom stereocenters. The van der Waals surface area contributed by atoms with E-state index in [1.54, 1.807) is 43.5 Å². The quantitative estimate of drug-likeness (QED) is 0.0667. The first-order valence-corrected chi connectivity index (χ1v) is 21.9. The number of carbonyl (C=O) groups is 3. The van der Waals surface area contributed by atoms with Crippen LogP contribution in [-0.4, -0.2) is 103 Å². The zero-order valence-corrected chi connectivity index (χ0v) is 35.4. The van der Waals surface area contributed by atoms with Crippen LogP contribution in [0, 0.1) is 18.6 Å². The third-order valence-corrected chi connectivity index (χ3v) is 13.3. The highest BCUT2D eigenvalue weighted by molar-refractivity contribution is 7.94. The Kier molecular flexibility index (Phi) is 12.9. The van der Waals surface area contributed by atoms with Gasteiger partial charge in [-0.05, 0) is 120 Å². The van der Waals surface area contributed by atoms with Gasteiger partial charge in [0, 0.05) is 48.5 Å². The molecule has 324 valence electrons. The number of amides is 3. The highest BCUT2D eigenvalue weighted by Gasteiger charge is 2.44. The van der Waals surface area contributed by atoms with Crippen molar-refractivity contribution < 1.29 is 36.3 Å². The highest BCUT2D eigenvalue weighted by atomic mass is 32.2. The van der Waals surface area contributed by atoms with Gasteiger partial charge in [-0.1, -0.05) is 12.1 Å². The van der Waals surface area contributed by atoms with Gasteiger partial charge in [0.2, 0.25) is 21.9 Å². The summed E-state index contributed by atoms with van der Waals surface area (Å²) in [5, 5.41) is 12.1. The molecular formula is C43H51F2N9O6S. The number of halogens is 2. The first-order valence-electron chi connectivity index (χ1n) is 20.4. The monoisotopic (exact) mass is 859 g/mol. The third kappa shape index (κ3) is 9.76. The number of imide groups is 1. The number of carbonyl (C=O) groups excluding carboxylic acids is 3. The lowest BCUT2D eigenvalue weighted by Gasteiger charge is -2.32. The van der Waals surface area contributed by atoms with E-state index in [1.807, 2.05) is 0 Å². The molecule has 4 heterocycles. The Morgan fingerprint density at radius 3 is 2.39 bits per heavy atom. The molecule has 0 aliphatic carbocycles. The lowest BCUT2D eigenvalue weighted by Crippen LogP contribution is -2.52. The Bertz CT molecular complexity index is 2420. The number of anilines is 6. The number of piperidine rings is 2. The standard InChI is InChI=1S/C43H51F2N9O6S/c1-26-25-48-42(51-38(26)49-29-11-13-32(44)35(24-29)52-61(58,59)43(2,3)4)50-28-10-12-30(33(45)23-28)27-14-18-53(19-15-27)20-22-60-21-17-46-34-8-5-7-31-37(34)41(57)54(40(31)56)36-9-6-16-47-39(36)55/h5,7-8,10-13,23-25,27,36,46,52H,6,9,14-22H2,1-4H3,(H,47,55)(H2,48,49,50,51). The maximum Gasteiger partial charge on any atom is 0.264 e. The van der Waals surface area contributed by atoms with Gasteiger partial charge < -0.3 is 30.9 Å². The van der Waals surface area contributed by atoms with Gasteiger partial charge >= 0.3 is 0 Å². The summed E-state index contributed by atoms with van der Waals surface area (Å²) < 4.78 is 62.5. The maximum absolute atomic E-state index is 15.5. The third-order valence-electron chi connectivity index (χ3n) is 11.2. The fraction of sp³-hybridized carbons (Fsp3) is 0.419. The SMILES string of the molecule is Cc1cnc(Nc2ccc(C3CCN(CCOCCNc4cccc5c4C(=O)N(C4CCCNC4=O)C5=O)CC3)c(F)c2)nc1Nc1ccc(F)c(NS(=O)(=O)C(C)(C)C)c1. The Morgan fingerprint density at radius 2 is 1.66 bits per heavy atom. The molecule has 15 nitrogen and oxygen atoms in total. The second-order valence-corrected chi connectivity index (χ2v) is 18.9. The number of sulfonamides is 1. The van der Waals surface area contributed by atoms with Gasteiger partial charge in [0.15, 0.2) is 0 Å². The molecule has 5 N–H and O–H groups in total. The maximum atomic E-state index is 15.5. The van der Waals surface area contributed by atoms with Crippen LogP contribution >= 0.6 is 0 Å². The minimum absolute atomic E-state index is 0.0564. The molecule has 0 spiro atoms. The normalized spacial score (nSPS) is 17.6. The minimum atomic E-state index is -3.86. The van der Waals surface area contributed by atoms with E-state index in [4.69, 9.17) is 4.74 Å². The molecule has 18 heteroatoms. The first-order chi connectivity index (χ1) is 29.1. The number of aromatic nitrogens is 2. The van der Waals surface area contributed by atoms with E-state index >= 15 is 4.39 Å². The molecule has 0 saturated carbocycles. The van der Waals surface area contributed by atoms with Crippen molar-refractivity contribution in [2.45, 2.75) is 70.1 Å². The summed E-state index contributed by atoms with van der Waals surface area (Å²) in [4.78, 5) is 51.1. The van der Waals surface area contributed by atoms with E-state index in [0.717, 1.165) is 43.4 Å². The number of hydrogen-bond donors (Lipinski definition) is 5. The lowest BCUT2D eigenvalue weighted by atomic mass is 9.89. The number of likely N-dealkylation sites (tertiary alicyclic amines) is 1. The van der Waals surface area contributed by atoms with E-state index in [2.05, 4.69) is 40.9 Å². The molecule has 61 heavy (non-hydrogen) atoms. The highest BCUT2D eigenvalue weighted by Crippen LogP contribution is 2.34. The molecule has 1 aromatic heterocycles. The predicted octanol–water partition coefficient (Wildman–Crippen LogP) is 6.27. The second-order valence-electron chi connectivity index (χ2n) is 16.4. The molecule has 0 bridgehead atoms. The van der Waals surface area contributed by atoms with Crippen LogP contribution in [0.4, 0.5) is 43.3 Å². The van der Waals surface area contributed by atoms with Gasteiger partial charge in [-0.3, -0.25) is 24.0 Å². The van der Waals surface area contributed by atoms with Crippen LogP contribution in [0.5, 0.6) is 0 Å². The summed E-state index contributed by atoms with van der Waals surface area (Å²) in [6.45, 7) is 10.5. The van der Waals surface area contributed by atoms with Crippen LogP contribution in [0.2, 0.25) is 0 Å². The summed E-state index contributed by atoms with van der Waals surface area (Å²) in [6.07, 6.45) is 4.31. The molecule has 3 aliphatic heterocycles. The molecule has 3 aliphatic rings. The molecule has 3 aromatic carbocycles.